The van der Waals surface area contributed by atoms with Crippen molar-refractivity contribution >= 4 is 37.7 Å². The molecule has 1 heterocycles. The van der Waals surface area contributed by atoms with Gasteiger partial charge in [-0.05, 0) is 35.7 Å². The van der Waals surface area contributed by atoms with Crippen molar-refractivity contribution in [3.05, 3.63) is 65.1 Å². The summed E-state index contributed by atoms with van der Waals surface area (Å²) < 4.78 is 1.04. The second-order valence-electron chi connectivity index (χ2n) is 4.62. The van der Waals surface area contributed by atoms with Crippen LogP contribution < -0.4 is 0 Å². The molecule has 0 aliphatic rings. The monoisotopic (exact) mass is 323 g/mol. The lowest BCUT2D eigenvalue weighted by molar-refractivity contribution is 0.766. The molecule has 0 fully saturated rings. The predicted molar refractivity (Wildman–Crippen MR) is 84.1 cm³/mol. The minimum absolute atomic E-state index is 0.909. The molecule has 0 aliphatic carbocycles. The second kappa shape index (κ2) is 4.42. The highest BCUT2D eigenvalue weighted by atomic mass is 79.9. The number of fused-ring (bicyclic) bond motifs is 3. The first-order chi connectivity index (χ1) is 9.81. The van der Waals surface area contributed by atoms with Crippen molar-refractivity contribution in [2.75, 3.05) is 0 Å². The van der Waals surface area contributed by atoms with Crippen molar-refractivity contribution in [1.29, 1.82) is 0 Å². The summed E-state index contributed by atoms with van der Waals surface area (Å²) in [4.78, 5) is 1.68. The van der Waals surface area contributed by atoms with Gasteiger partial charge in [0, 0.05) is 9.86 Å². The Balaban J connectivity index is 1.98. The number of nitrogens with zero attached hydrogens (tertiary/aromatic N) is 3. The zero-order chi connectivity index (χ0) is 13.5. The molecule has 1 aromatic heterocycles. The highest BCUT2D eigenvalue weighted by molar-refractivity contribution is 9.10. The average molecular weight is 324 g/mol. The smallest absolute Gasteiger partial charge is 0.121 e. The number of hydrogen-bond acceptors (Lipinski definition) is 2. The summed E-state index contributed by atoms with van der Waals surface area (Å²) in [6.45, 7) is 0. The van der Waals surface area contributed by atoms with E-state index in [4.69, 9.17) is 0 Å². The quantitative estimate of drug-likeness (QED) is 0.521. The molecule has 0 unspecified atom stereocenters. The molecule has 0 atom stereocenters. The average Bonchev–Trinajstić information content (AvgIpc) is 2.92. The first-order valence-electron chi connectivity index (χ1n) is 6.32. The normalized spacial score (nSPS) is 11.2. The number of rotatable bonds is 1. The van der Waals surface area contributed by atoms with Crippen LogP contribution in [0.4, 0.5) is 0 Å². The van der Waals surface area contributed by atoms with Crippen LogP contribution in [0.2, 0.25) is 0 Å². The van der Waals surface area contributed by atoms with Crippen LogP contribution in [0.15, 0.2) is 65.1 Å². The molecule has 0 aliphatic heterocycles. The third kappa shape index (κ3) is 1.80. The van der Waals surface area contributed by atoms with E-state index in [2.05, 4.69) is 44.3 Å². The number of aromatic nitrogens is 3. The van der Waals surface area contributed by atoms with E-state index in [0.29, 0.717) is 0 Å². The van der Waals surface area contributed by atoms with Gasteiger partial charge in [0.05, 0.1) is 5.69 Å². The van der Waals surface area contributed by atoms with Gasteiger partial charge in [0.15, 0.2) is 0 Å². The van der Waals surface area contributed by atoms with Crippen LogP contribution in [0, 0.1) is 0 Å². The summed E-state index contributed by atoms with van der Waals surface area (Å²) in [6.07, 6.45) is 0. The van der Waals surface area contributed by atoms with Gasteiger partial charge in [-0.15, -0.1) is 10.2 Å². The number of halogens is 1. The summed E-state index contributed by atoms with van der Waals surface area (Å²) in [7, 11) is 0. The van der Waals surface area contributed by atoms with Gasteiger partial charge >= 0.3 is 0 Å². The number of hydrogen-bond donors (Lipinski definition) is 0. The zero-order valence-electron chi connectivity index (χ0n) is 10.5. The Morgan fingerprint density at radius 1 is 0.800 bits per heavy atom. The van der Waals surface area contributed by atoms with Crippen molar-refractivity contribution in [3.8, 4) is 5.69 Å². The maximum Gasteiger partial charge on any atom is 0.121 e. The Bertz CT molecular complexity index is 910. The Labute approximate surface area is 124 Å². The third-order valence-corrected chi connectivity index (χ3v) is 3.86. The Morgan fingerprint density at radius 2 is 1.60 bits per heavy atom. The molecule has 0 bridgehead atoms. The van der Waals surface area contributed by atoms with Crippen molar-refractivity contribution in [1.82, 2.24) is 15.0 Å². The van der Waals surface area contributed by atoms with Gasteiger partial charge in [-0.1, -0.05) is 46.3 Å². The van der Waals surface area contributed by atoms with Crippen LogP contribution >= 0.6 is 15.9 Å². The first-order valence-corrected chi connectivity index (χ1v) is 7.11. The highest BCUT2D eigenvalue weighted by Gasteiger charge is 2.07. The fraction of sp³-hybridized carbons (Fsp3) is 0. The summed E-state index contributed by atoms with van der Waals surface area (Å²) in [5.74, 6) is 0. The number of benzene rings is 3. The van der Waals surface area contributed by atoms with Gasteiger partial charge < -0.3 is 0 Å². The van der Waals surface area contributed by atoms with Crippen LogP contribution in [0.3, 0.4) is 0 Å². The minimum Gasteiger partial charge on any atom is -0.150 e. The van der Waals surface area contributed by atoms with Gasteiger partial charge in [0.25, 0.3) is 0 Å². The third-order valence-electron chi connectivity index (χ3n) is 3.33. The Kier molecular flexibility index (Phi) is 2.57. The Morgan fingerprint density at radius 3 is 2.45 bits per heavy atom. The van der Waals surface area contributed by atoms with E-state index in [1.807, 2.05) is 42.5 Å². The van der Waals surface area contributed by atoms with Crippen molar-refractivity contribution in [2.24, 2.45) is 0 Å². The fourth-order valence-corrected chi connectivity index (χ4v) is 2.60. The standard InChI is InChI=1S/C16H10BrN3/c17-12-6-8-13(9-7-12)20-18-15-10-5-11-3-1-2-4-14(11)16(15)19-20/h1-10H. The van der Waals surface area contributed by atoms with Gasteiger partial charge in [0.2, 0.25) is 0 Å². The lowest BCUT2D eigenvalue weighted by Gasteiger charge is -1.98. The Hall–Kier alpha value is -2.20. The molecular formula is C16H10BrN3. The van der Waals surface area contributed by atoms with E-state index < -0.39 is 0 Å². The van der Waals surface area contributed by atoms with Gasteiger partial charge in [-0.3, -0.25) is 0 Å². The van der Waals surface area contributed by atoms with Crippen LogP contribution in [-0.2, 0) is 0 Å². The maximum absolute atomic E-state index is 4.63. The van der Waals surface area contributed by atoms with Gasteiger partial charge in [-0.2, -0.15) is 4.80 Å². The van der Waals surface area contributed by atoms with E-state index >= 15 is 0 Å². The topological polar surface area (TPSA) is 30.7 Å². The van der Waals surface area contributed by atoms with Crippen LogP contribution in [0.25, 0.3) is 27.5 Å². The SMILES string of the molecule is Brc1ccc(-n2nc3ccc4ccccc4c3n2)cc1. The highest BCUT2D eigenvalue weighted by Crippen LogP contribution is 2.23. The summed E-state index contributed by atoms with van der Waals surface area (Å²) in [6, 6.07) is 20.3. The summed E-state index contributed by atoms with van der Waals surface area (Å²) >= 11 is 3.44. The second-order valence-corrected chi connectivity index (χ2v) is 5.54. The van der Waals surface area contributed by atoms with E-state index in [-0.39, 0.29) is 0 Å². The van der Waals surface area contributed by atoms with E-state index in [9.17, 15) is 0 Å². The van der Waals surface area contributed by atoms with E-state index in [1.54, 1.807) is 4.80 Å². The van der Waals surface area contributed by atoms with Crippen LogP contribution in [0.5, 0.6) is 0 Å². The molecule has 3 aromatic carbocycles. The minimum atomic E-state index is 0.909. The van der Waals surface area contributed by atoms with Crippen molar-refractivity contribution in [3.63, 3.8) is 0 Å². The van der Waals surface area contributed by atoms with Crippen LogP contribution in [0.1, 0.15) is 0 Å². The molecule has 0 radical (unpaired) electrons. The van der Waals surface area contributed by atoms with Gasteiger partial charge in [0.1, 0.15) is 11.0 Å². The maximum atomic E-state index is 4.63. The van der Waals surface area contributed by atoms with Crippen molar-refractivity contribution < 1.29 is 0 Å². The molecular weight excluding hydrogens is 314 g/mol. The molecule has 0 saturated carbocycles. The molecule has 4 rings (SSSR count). The van der Waals surface area contributed by atoms with Crippen molar-refractivity contribution in [2.45, 2.75) is 0 Å². The molecule has 96 valence electrons. The molecule has 0 spiro atoms. The molecule has 4 aromatic rings. The van der Waals surface area contributed by atoms with Gasteiger partial charge in [-0.25, -0.2) is 0 Å². The summed E-state index contributed by atoms with van der Waals surface area (Å²) in [5.41, 5.74) is 2.80. The van der Waals surface area contributed by atoms with E-state index in [1.165, 1.54) is 5.39 Å². The fourth-order valence-electron chi connectivity index (χ4n) is 2.34. The molecule has 3 nitrogen and oxygen atoms in total. The first kappa shape index (κ1) is 11.6. The molecule has 0 amide bonds. The lowest BCUT2D eigenvalue weighted by Crippen LogP contribution is -1.97. The molecule has 20 heavy (non-hydrogen) atoms. The predicted octanol–water partition coefficient (Wildman–Crippen LogP) is 4.34. The lowest BCUT2D eigenvalue weighted by atomic mass is 10.1. The molecule has 0 N–H and O–H groups in total. The molecule has 4 heteroatoms. The van der Waals surface area contributed by atoms with E-state index in [0.717, 1.165) is 26.6 Å². The summed E-state index contributed by atoms with van der Waals surface area (Å²) in [5, 5.41) is 11.5. The molecule has 0 saturated heterocycles. The zero-order valence-corrected chi connectivity index (χ0v) is 12.1. The van der Waals surface area contributed by atoms with Crippen LogP contribution in [-0.4, -0.2) is 15.0 Å². The largest absolute Gasteiger partial charge is 0.150 e.